The van der Waals surface area contributed by atoms with E-state index in [4.69, 9.17) is 5.10 Å². The average molecular weight is 466 g/mol. The number of para-hydroxylation sites is 1. The molecule has 174 valence electrons. The van der Waals surface area contributed by atoms with Gasteiger partial charge in [0.05, 0.1) is 17.1 Å². The summed E-state index contributed by atoms with van der Waals surface area (Å²) < 4.78 is 4.05. The summed E-state index contributed by atoms with van der Waals surface area (Å²) >= 11 is 1.46. The van der Waals surface area contributed by atoms with E-state index in [0.29, 0.717) is 11.9 Å². The first-order valence-electron chi connectivity index (χ1n) is 11.7. The monoisotopic (exact) mass is 465 g/mol. The summed E-state index contributed by atoms with van der Waals surface area (Å²) in [7, 11) is 0. The van der Waals surface area contributed by atoms with Gasteiger partial charge in [-0.15, -0.1) is 10.2 Å². The quantitative estimate of drug-likeness (QED) is 0.520. The summed E-state index contributed by atoms with van der Waals surface area (Å²) in [6, 6.07) is 12.3. The highest BCUT2D eigenvalue weighted by molar-refractivity contribution is 7.99. The average Bonchev–Trinajstić information content (AvgIpc) is 3.19. The number of rotatable bonds is 7. The Hall–Kier alpha value is -2.81. The molecule has 2 aromatic heterocycles. The Kier molecular flexibility index (Phi) is 5.90. The highest BCUT2D eigenvalue weighted by Crippen LogP contribution is 2.41. The van der Waals surface area contributed by atoms with Gasteiger partial charge in [0.25, 0.3) is 0 Å². The first kappa shape index (κ1) is 22.0. The fraction of sp³-hybridized carbons (Fsp3) is 0.500. The number of hydrogen-bond donors (Lipinski definition) is 1. The van der Waals surface area contributed by atoms with Gasteiger partial charge in [-0.1, -0.05) is 50.7 Å². The molecule has 33 heavy (non-hydrogen) atoms. The van der Waals surface area contributed by atoms with Crippen molar-refractivity contribution in [3.63, 3.8) is 0 Å². The van der Waals surface area contributed by atoms with Gasteiger partial charge >= 0.3 is 0 Å². The SMILES string of the molecule is CC(C)(C)c1cc(NC(=O)CSc2nnc(N3CCCC3)n2C2CC2)n(-c2ccccc2)n1. The lowest BCUT2D eigenvalue weighted by molar-refractivity contribution is -0.113. The van der Waals surface area contributed by atoms with Crippen molar-refractivity contribution in [1.29, 1.82) is 0 Å². The highest BCUT2D eigenvalue weighted by atomic mass is 32.2. The van der Waals surface area contributed by atoms with Gasteiger partial charge in [-0.3, -0.25) is 9.36 Å². The molecule has 0 spiro atoms. The van der Waals surface area contributed by atoms with Crippen LogP contribution in [0.3, 0.4) is 0 Å². The van der Waals surface area contributed by atoms with Crippen LogP contribution in [0.15, 0.2) is 41.6 Å². The van der Waals surface area contributed by atoms with E-state index in [1.54, 1.807) is 4.68 Å². The second-order valence-corrected chi connectivity index (χ2v) is 10.8. The molecule has 0 atom stereocenters. The molecule has 5 rings (SSSR count). The van der Waals surface area contributed by atoms with E-state index in [9.17, 15) is 4.79 Å². The molecule has 1 aliphatic carbocycles. The van der Waals surface area contributed by atoms with E-state index in [1.165, 1.54) is 24.6 Å². The van der Waals surface area contributed by atoms with Gasteiger partial charge < -0.3 is 10.2 Å². The lowest BCUT2D eigenvalue weighted by atomic mass is 9.92. The number of nitrogens with zero attached hydrogens (tertiary/aromatic N) is 6. The summed E-state index contributed by atoms with van der Waals surface area (Å²) in [5, 5.41) is 17.6. The smallest absolute Gasteiger partial charge is 0.236 e. The van der Waals surface area contributed by atoms with Crippen LogP contribution in [0.25, 0.3) is 5.69 Å². The third-order valence-corrected chi connectivity index (χ3v) is 6.97. The Morgan fingerprint density at radius 2 is 1.85 bits per heavy atom. The molecule has 0 unspecified atom stereocenters. The molecule has 8 nitrogen and oxygen atoms in total. The fourth-order valence-corrected chi connectivity index (χ4v) is 4.87. The number of hydrogen-bond acceptors (Lipinski definition) is 6. The number of anilines is 2. The van der Waals surface area contributed by atoms with Crippen LogP contribution in [-0.2, 0) is 10.2 Å². The second kappa shape index (κ2) is 8.85. The summed E-state index contributed by atoms with van der Waals surface area (Å²) in [6.45, 7) is 8.43. The Labute approximate surface area is 198 Å². The molecule has 3 aromatic rings. The van der Waals surface area contributed by atoms with E-state index in [-0.39, 0.29) is 17.1 Å². The van der Waals surface area contributed by atoms with Crippen LogP contribution in [0.1, 0.15) is 58.2 Å². The molecule has 1 aliphatic heterocycles. The van der Waals surface area contributed by atoms with Gasteiger partial charge in [0.2, 0.25) is 11.9 Å². The van der Waals surface area contributed by atoms with Crippen molar-refractivity contribution in [3.8, 4) is 5.69 Å². The van der Waals surface area contributed by atoms with Crippen LogP contribution in [0, 0.1) is 0 Å². The Morgan fingerprint density at radius 1 is 1.12 bits per heavy atom. The van der Waals surface area contributed by atoms with Crippen molar-refractivity contribution < 1.29 is 4.79 Å². The normalized spacial score (nSPS) is 16.4. The number of thioether (sulfide) groups is 1. The maximum atomic E-state index is 12.9. The van der Waals surface area contributed by atoms with Gasteiger partial charge in [-0.2, -0.15) is 5.10 Å². The number of nitrogens with one attached hydrogen (secondary N) is 1. The van der Waals surface area contributed by atoms with Gasteiger partial charge in [-0.05, 0) is 37.8 Å². The van der Waals surface area contributed by atoms with Crippen LogP contribution < -0.4 is 10.2 Å². The molecule has 1 saturated carbocycles. The third-order valence-electron chi connectivity index (χ3n) is 6.03. The lowest BCUT2D eigenvalue weighted by Crippen LogP contribution is -2.22. The Bertz CT molecular complexity index is 1120. The fourth-order valence-electron chi connectivity index (χ4n) is 4.06. The number of amides is 1. The van der Waals surface area contributed by atoms with Crippen LogP contribution in [0.5, 0.6) is 0 Å². The molecule has 0 bridgehead atoms. The number of carbonyl (C=O) groups excluding carboxylic acids is 1. The van der Waals surface area contributed by atoms with E-state index in [1.807, 2.05) is 36.4 Å². The zero-order chi connectivity index (χ0) is 23.0. The van der Waals surface area contributed by atoms with Crippen molar-refractivity contribution >= 4 is 29.4 Å². The van der Waals surface area contributed by atoms with Crippen molar-refractivity contribution in [2.24, 2.45) is 0 Å². The summed E-state index contributed by atoms with van der Waals surface area (Å²) in [4.78, 5) is 15.3. The molecule has 1 amide bonds. The van der Waals surface area contributed by atoms with Gasteiger partial charge in [0, 0.05) is 30.6 Å². The maximum absolute atomic E-state index is 12.9. The predicted octanol–water partition coefficient (Wildman–Crippen LogP) is 4.43. The standard InChI is InChI=1S/C24H31N7OS/c1-24(2,3)19-15-20(31(28-19)18-9-5-4-6-10-18)25-21(32)16-33-23-27-26-22(29-13-7-8-14-29)30(23)17-11-12-17/h4-6,9-10,15,17H,7-8,11-14,16H2,1-3H3,(H,25,32). The number of carbonyl (C=O) groups is 1. The van der Waals surface area contributed by atoms with Crippen molar-refractivity contribution in [2.75, 3.05) is 29.1 Å². The Morgan fingerprint density at radius 3 is 2.52 bits per heavy atom. The van der Waals surface area contributed by atoms with E-state index in [0.717, 1.165) is 48.4 Å². The zero-order valence-electron chi connectivity index (χ0n) is 19.5. The predicted molar refractivity (Wildman–Crippen MR) is 131 cm³/mol. The van der Waals surface area contributed by atoms with Gasteiger partial charge in [0.1, 0.15) is 5.82 Å². The summed E-state index contributed by atoms with van der Waals surface area (Å²) in [5.74, 6) is 1.84. The molecule has 9 heteroatoms. The second-order valence-electron chi connectivity index (χ2n) is 9.83. The summed E-state index contributed by atoms with van der Waals surface area (Å²) in [6.07, 6.45) is 4.72. The lowest BCUT2D eigenvalue weighted by Gasteiger charge is -2.17. The van der Waals surface area contributed by atoms with Crippen molar-refractivity contribution in [3.05, 3.63) is 42.1 Å². The molecule has 1 N–H and O–H groups in total. The van der Waals surface area contributed by atoms with Crippen molar-refractivity contribution in [1.82, 2.24) is 24.5 Å². The topological polar surface area (TPSA) is 80.9 Å². The molecule has 2 fully saturated rings. The van der Waals surface area contributed by atoms with E-state index in [2.05, 4.69) is 45.8 Å². The maximum Gasteiger partial charge on any atom is 0.236 e. The van der Waals surface area contributed by atoms with Crippen molar-refractivity contribution in [2.45, 2.75) is 63.1 Å². The molecular weight excluding hydrogens is 434 g/mol. The summed E-state index contributed by atoms with van der Waals surface area (Å²) in [5.41, 5.74) is 1.72. The number of aromatic nitrogens is 5. The minimum atomic E-state index is -0.124. The third kappa shape index (κ3) is 4.78. The molecule has 1 saturated heterocycles. The number of benzene rings is 1. The van der Waals surface area contributed by atoms with Crippen LogP contribution >= 0.6 is 11.8 Å². The first-order chi connectivity index (χ1) is 15.9. The molecule has 0 radical (unpaired) electrons. The molecule has 3 heterocycles. The minimum absolute atomic E-state index is 0.0781. The zero-order valence-corrected chi connectivity index (χ0v) is 20.3. The van der Waals surface area contributed by atoms with Gasteiger partial charge in [-0.25, -0.2) is 4.68 Å². The molecule has 2 aliphatic rings. The van der Waals surface area contributed by atoms with E-state index < -0.39 is 0 Å². The van der Waals surface area contributed by atoms with Crippen LogP contribution in [0.2, 0.25) is 0 Å². The Balaban J connectivity index is 1.32. The highest BCUT2D eigenvalue weighted by Gasteiger charge is 2.32. The van der Waals surface area contributed by atoms with Gasteiger partial charge in [0.15, 0.2) is 5.16 Å². The van der Waals surface area contributed by atoms with Crippen LogP contribution in [0.4, 0.5) is 11.8 Å². The largest absolute Gasteiger partial charge is 0.341 e. The minimum Gasteiger partial charge on any atom is -0.341 e. The molecule has 1 aromatic carbocycles. The van der Waals surface area contributed by atoms with Crippen LogP contribution in [-0.4, -0.2) is 49.3 Å². The van der Waals surface area contributed by atoms with E-state index >= 15 is 0 Å². The molecular formula is C24H31N7OS. The first-order valence-corrected chi connectivity index (χ1v) is 12.7.